The molecule has 0 spiro atoms. The van der Waals surface area contributed by atoms with Crippen LogP contribution in [-0.2, 0) is 0 Å². The number of H-pyrrole nitrogens is 1. The van der Waals surface area contributed by atoms with E-state index in [1.807, 2.05) is 18.2 Å². The van der Waals surface area contributed by atoms with Gasteiger partial charge in [0.25, 0.3) is 5.91 Å². The lowest BCUT2D eigenvalue weighted by Gasteiger charge is -2.07. The second-order valence-electron chi connectivity index (χ2n) is 4.33. The summed E-state index contributed by atoms with van der Waals surface area (Å²) in [5.74, 6) is -0.593. The van der Waals surface area contributed by atoms with Crippen molar-refractivity contribution in [3.63, 3.8) is 0 Å². The zero-order valence-corrected chi connectivity index (χ0v) is 11.9. The van der Waals surface area contributed by atoms with E-state index in [1.54, 1.807) is 12.3 Å². The molecule has 2 aromatic carbocycles. The van der Waals surface area contributed by atoms with Crippen LogP contribution in [0.3, 0.4) is 0 Å². The van der Waals surface area contributed by atoms with Crippen LogP contribution in [0.25, 0.3) is 10.9 Å². The summed E-state index contributed by atoms with van der Waals surface area (Å²) >= 11 is 3.09. The van der Waals surface area contributed by atoms with Gasteiger partial charge in [0.05, 0.1) is 4.47 Å². The molecule has 2 N–H and O–H groups in total. The lowest BCUT2D eigenvalue weighted by Crippen LogP contribution is -2.12. The molecule has 0 bridgehead atoms. The van der Waals surface area contributed by atoms with Gasteiger partial charge >= 0.3 is 0 Å². The molecule has 0 aliphatic carbocycles. The molecule has 0 atom stereocenters. The number of fused-ring (bicyclic) bond motifs is 1. The Morgan fingerprint density at radius 2 is 2.05 bits per heavy atom. The molecule has 3 nitrogen and oxygen atoms in total. The minimum Gasteiger partial charge on any atom is -0.361 e. The predicted octanol–water partition coefficient (Wildman–Crippen LogP) is 4.32. The Bertz CT molecular complexity index is 797. The van der Waals surface area contributed by atoms with E-state index < -0.39 is 0 Å². The third-order valence-electron chi connectivity index (χ3n) is 3.02. The normalized spacial score (nSPS) is 10.7. The van der Waals surface area contributed by atoms with Crippen molar-refractivity contribution in [1.82, 2.24) is 4.98 Å². The van der Waals surface area contributed by atoms with E-state index in [0.717, 1.165) is 10.9 Å². The van der Waals surface area contributed by atoms with Gasteiger partial charge in [-0.1, -0.05) is 6.07 Å². The zero-order chi connectivity index (χ0) is 14.1. The van der Waals surface area contributed by atoms with Crippen LogP contribution in [0.2, 0.25) is 0 Å². The van der Waals surface area contributed by atoms with E-state index in [0.29, 0.717) is 15.7 Å². The Morgan fingerprint density at radius 3 is 2.85 bits per heavy atom. The largest absolute Gasteiger partial charge is 0.361 e. The number of anilines is 1. The molecule has 3 rings (SSSR count). The molecule has 0 aliphatic rings. The Labute approximate surface area is 122 Å². The maximum atomic E-state index is 13.2. The van der Waals surface area contributed by atoms with Crippen molar-refractivity contribution in [3.8, 4) is 0 Å². The minimum absolute atomic E-state index is 0.228. The first-order valence-corrected chi connectivity index (χ1v) is 6.77. The standard InChI is InChI=1S/C15H10BrFN2O/c16-12-8-9(4-5-13(12)17)19-15(20)11-2-1-3-14-10(11)6-7-18-14/h1-8,18H,(H,19,20). The minimum atomic E-state index is -0.365. The number of nitrogens with one attached hydrogen (secondary N) is 2. The quantitative estimate of drug-likeness (QED) is 0.721. The van der Waals surface area contributed by atoms with Gasteiger partial charge in [-0.3, -0.25) is 4.79 Å². The van der Waals surface area contributed by atoms with Gasteiger partial charge in [0.15, 0.2) is 0 Å². The van der Waals surface area contributed by atoms with Crippen LogP contribution in [0.15, 0.2) is 53.1 Å². The van der Waals surface area contributed by atoms with Crippen LogP contribution in [0, 0.1) is 5.82 Å². The van der Waals surface area contributed by atoms with E-state index in [4.69, 9.17) is 0 Å². The van der Waals surface area contributed by atoms with Crippen molar-refractivity contribution >= 4 is 38.4 Å². The van der Waals surface area contributed by atoms with Crippen LogP contribution in [0.5, 0.6) is 0 Å². The SMILES string of the molecule is O=C(Nc1ccc(F)c(Br)c1)c1cccc2[nH]ccc12. The fourth-order valence-electron chi connectivity index (χ4n) is 2.06. The number of carbonyl (C=O) groups excluding carboxylic acids is 1. The van der Waals surface area contributed by atoms with Gasteiger partial charge in [-0.05, 0) is 52.3 Å². The summed E-state index contributed by atoms with van der Waals surface area (Å²) < 4.78 is 13.5. The number of rotatable bonds is 2. The van der Waals surface area contributed by atoms with Gasteiger partial charge in [-0.15, -0.1) is 0 Å². The molecule has 1 amide bonds. The lowest BCUT2D eigenvalue weighted by atomic mass is 10.1. The molecule has 0 saturated heterocycles. The van der Waals surface area contributed by atoms with Crippen LogP contribution < -0.4 is 5.32 Å². The van der Waals surface area contributed by atoms with Crippen LogP contribution in [0.1, 0.15) is 10.4 Å². The summed E-state index contributed by atoms with van der Waals surface area (Å²) in [5, 5.41) is 3.61. The molecule has 20 heavy (non-hydrogen) atoms. The third kappa shape index (κ3) is 2.32. The first-order chi connectivity index (χ1) is 9.65. The summed E-state index contributed by atoms with van der Waals surface area (Å²) in [6.45, 7) is 0. The van der Waals surface area contributed by atoms with E-state index in [-0.39, 0.29) is 11.7 Å². The predicted molar refractivity (Wildman–Crippen MR) is 80.4 cm³/mol. The highest BCUT2D eigenvalue weighted by atomic mass is 79.9. The third-order valence-corrected chi connectivity index (χ3v) is 3.62. The molecule has 0 unspecified atom stereocenters. The van der Waals surface area contributed by atoms with Crippen molar-refractivity contribution in [2.75, 3.05) is 5.32 Å². The second-order valence-corrected chi connectivity index (χ2v) is 5.18. The summed E-state index contributed by atoms with van der Waals surface area (Å²) in [4.78, 5) is 15.3. The van der Waals surface area contributed by atoms with Crippen LogP contribution in [0.4, 0.5) is 10.1 Å². The maximum Gasteiger partial charge on any atom is 0.256 e. The van der Waals surface area contributed by atoms with E-state index in [1.165, 1.54) is 18.2 Å². The van der Waals surface area contributed by atoms with E-state index in [9.17, 15) is 9.18 Å². The average molecular weight is 333 g/mol. The molecule has 0 radical (unpaired) electrons. The number of halogens is 2. The topological polar surface area (TPSA) is 44.9 Å². The Kier molecular flexibility index (Phi) is 3.28. The number of benzene rings is 2. The first kappa shape index (κ1) is 12.9. The van der Waals surface area contributed by atoms with Crippen LogP contribution >= 0.6 is 15.9 Å². The van der Waals surface area contributed by atoms with Crippen molar-refractivity contribution in [3.05, 3.63) is 64.5 Å². The number of carbonyl (C=O) groups is 1. The molecule has 0 saturated carbocycles. The number of hydrogen-bond donors (Lipinski definition) is 2. The Balaban J connectivity index is 1.93. The van der Waals surface area contributed by atoms with Gasteiger partial charge in [-0.25, -0.2) is 4.39 Å². The second kappa shape index (κ2) is 5.09. The number of aromatic amines is 1. The molecule has 3 aromatic rings. The van der Waals surface area contributed by atoms with Gasteiger partial charge in [-0.2, -0.15) is 0 Å². The highest BCUT2D eigenvalue weighted by molar-refractivity contribution is 9.10. The van der Waals surface area contributed by atoms with Gasteiger partial charge in [0.2, 0.25) is 0 Å². The molecule has 5 heteroatoms. The van der Waals surface area contributed by atoms with E-state index in [2.05, 4.69) is 26.2 Å². The van der Waals surface area contributed by atoms with Crippen molar-refractivity contribution in [2.24, 2.45) is 0 Å². The fourth-order valence-corrected chi connectivity index (χ4v) is 2.43. The van der Waals surface area contributed by atoms with Crippen molar-refractivity contribution in [2.45, 2.75) is 0 Å². The summed E-state index contributed by atoms with van der Waals surface area (Å²) in [6.07, 6.45) is 1.79. The highest BCUT2D eigenvalue weighted by Crippen LogP contribution is 2.22. The van der Waals surface area contributed by atoms with Gasteiger partial charge < -0.3 is 10.3 Å². The van der Waals surface area contributed by atoms with Crippen LogP contribution in [-0.4, -0.2) is 10.9 Å². The first-order valence-electron chi connectivity index (χ1n) is 5.97. The zero-order valence-electron chi connectivity index (χ0n) is 10.3. The van der Waals surface area contributed by atoms with Crippen molar-refractivity contribution in [1.29, 1.82) is 0 Å². The maximum absolute atomic E-state index is 13.2. The Hall–Kier alpha value is -2.14. The van der Waals surface area contributed by atoms with Gasteiger partial charge in [0, 0.05) is 28.4 Å². The molecule has 0 aliphatic heterocycles. The number of hydrogen-bond acceptors (Lipinski definition) is 1. The Morgan fingerprint density at radius 1 is 1.20 bits per heavy atom. The molecule has 1 heterocycles. The average Bonchev–Trinajstić information content (AvgIpc) is 2.91. The van der Waals surface area contributed by atoms with Gasteiger partial charge in [0.1, 0.15) is 5.82 Å². The summed E-state index contributed by atoms with van der Waals surface area (Å²) in [5.41, 5.74) is 2.01. The summed E-state index contributed by atoms with van der Waals surface area (Å²) in [7, 11) is 0. The lowest BCUT2D eigenvalue weighted by molar-refractivity contribution is 0.102. The molecular weight excluding hydrogens is 323 g/mol. The number of aromatic nitrogens is 1. The highest BCUT2D eigenvalue weighted by Gasteiger charge is 2.11. The molecule has 100 valence electrons. The molecular formula is C15H10BrFN2O. The fraction of sp³-hybridized carbons (Fsp3) is 0. The molecule has 0 fully saturated rings. The molecule has 1 aromatic heterocycles. The summed E-state index contributed by atoms with van der Waals surface area (Å²) in [6, 6.07) is 11.7. The number of amides is 1. The smallest absolute Gasteiger partial charge is 0.256 e. The van der Waals surface area contributed by atoms with Crippen molar-refractivity contribution < 1.29 is 9.18 Å². The van der Waals surface area contributed by atoms with E-state index >= 15 is 0 Å². The monoisotopic (exact) mass is 332 g/mol.